The van der Waals surface area contributed by atoms with Crippen LogP contribution in [0.1, 0.15) is 0 Å². The van der Waals surface area contributed by atoms with Crippen LogP contribution in [0.25, 0.3) is 0 Å². The lowest BCUT2D eigenvalue weighted by Gasteiger charge is -2.15. The molecule has 0 spiro atoms. The van der Waals surface area contributed by atoms with Gasteiger partial charge in [-0.3, -0.25) is 0 Å². The number of carbonyl (C=O) groups excluding carboxylic acids is 2. The number of alkyl halides is 2. The van der Waals surface area contributed by atoms with Gasteiger partial charge in [0.15, 0.2) is 5.75 Å². The fourth-order valence-corrected chi connectivity index (χ4v) is 1.85. The van der Waals surface area contributed by atoms with Crippen molar-refractivity contribution in [2.45, 2.75) is 6.61 Å². The van der Waals surface area contributed by atoms with Crippen LogP contribution in [0.2, 0.25) is 0 Å². The van der Waals surface area contributed by atoms with E-state index in [0.29, 0.717) is 0 Å². The zero-order chi connectivity index (χ0) is 17.6. The summed E-state index contributed by atoms with van der Waals surface area (Å²) in [6.45, 7) is -3.24. The van der Waals surface area contributed by atoms with Gasteiger partial charge in [0.25, 0.3) is 0 Å². The second-order valence-electron chi connectivity index (χ2n) is 3.81. The first-order valence-corrected chi connectivity index (χ1v) is 6.67. The highest BCUT2D eigenvalue weighted by Crippen LogP contribution is 2.37. The maximum absolute atomic E-state index is 13.5. The van der Waals surface area contributed by atoms with E-state index in [4.69, 9.17) is 0 Å². The number of carbonyl (C=O) groups is 2. The van der Waals surface area contributed by atoms with Crippen LogP contribution in [0.5, 0.6) is 5.75 Å². The van der Waals surface area contributed by atoms with E-state index < -0.39 is 35.8 Å². The molecule has 6 nitrogen and oxygen atoms in total. The molecule has 1 aromatic rings. The highest BCUT2D eigenvalue weighted by molar-refractivity contribution is 9.10. The summed E-state index contributed by atoms with van der Waals surface area (Å²) >= 11 is 2.77. The van der Waals surface area contributed by atoms with Gasteiger partial charge in [0.1, 0.15) is 11.5 Å². The van der Waals surface area contributed by atoms with Gasteiger partial charge in [0.05, 0.1) is 30.5 Å². The van der Waals surface area contributed by atoms with Gasteiger partial charge in [-0.15, -0.1) is 0 Å². The van der Waals surface area contributed by atoms with Gasteiger partial charge in [-0.2, -0.15) is 8.78 Å². The summed E-state index contributed by atoms with van der Waals surface area (Å²) in [7, 11) is 2.12. The van der Waals surface area contributed by atoms with Gasteiger partial charge in [-0.05, 0) is 28.1 Å². The fourth-order valence-electron chi connectivity index (χ4n) is 1.41. The van der Waals surface area contributed by atoms with Crippen LogP contribution in [0.4, 0.5) is 18.9 Å². The van der Waals surface area contributed by atoms with Crippen molar-refractivity contribution in [3.63, 3.8) is 0 Å². The standard InChI is InChI=1S/C13H11BrF3NO5/c1-21-9(19)5-8(12(20)22-2)18-7-4-3-6(15)10(14)11(7)23-13(16)17/h3-5,13,18H,1-2H3/b8-5+. The molecule has 0 saturated heterocycles. The third-order valence-electron chi connectivity index (χ3n) is 2.39. The third kappa shape index (κ3) is 5.16. The first-order valence-electron chi connectivity index (χ1n) is 5.88. The molecule has 1 N–H and O–H groups in total. The molecule has 0 unspecified atom stereocenters. The Bertz CT molecular complexity index is 636. The normalized spacial score (nSPS) is 11.2. The Balaban J connectivity index is 3.28. The van der Waals surface area contributed by atoms with Gasteiger partial charge in [-0.1, -0.05) is 0 Å². The van der Waals surface area contributed by atoms with E-state index in [2.05, 4.69) is 35.5 Å². The molecule has 0 saturated carbocycles. The molecule has 10 heteroatoms. The molecule has 0 aliphatic carbocycles. The third-order valence-corrected chi connectivity index (χ3v) is 3.13. The number of methoxy groups -OCH3 is 2. The van der Waals surface area contributed by atoms with Gasteiger partial charge in [0, 0.05) is 0 Å². The van der Waals surface area contributed by atoms with Crippen LogP contribution in [0.15, 0.2) is 28.4 Å². The number of benzene rings is 1. The molecule has 0 atom stereocenters. The molecule has 0 aliphatic rings. The molecular formula is C13H11BrF3NO5. The second-order valence-corrected chi connectivity index (χ2v) is 4.61. The highest BCUT2D eigenvalue weighted by atomic mass is 79.9. The Morgan fingerprint density at radius 2 is 1.91 bits per heavy atom. The number of rotatable bonds is 6. The Kier molecular flexibility index (Phi) is 6.89. The average Bonchev–Trinajstić information content (AvgIpc) is 2.52. The van der Waals surface area contributed by atoms with Gasteiger partial charge in [-0.25, -0.2) is 14.0 Å². The lowest BCUT2D eigenvalue weighted by Crippen LogP contribution is -2.16. The second kappa shape index (κ2) is 8.42. The van der Waals surface area contributed by atoms with Crippen molar-refractivity contribution in [2.75, 3.05) is 19.5 Å². The number of hydrogen-bond donors (Lipinski definition) is 1. The van der Waals surface area contributed by atoms with Crippen LogP contribution in [-0.2, 0) is 19.1 Å². The predicted octanol–water partition coefficient (Wildman–Crippen LogP) is 2.83. The van der Waals surface area contributed by atoms with E-state index in [0.717, 1.165) is 32.4 Å². The summed E-state index contributed by atoms with van der Waals surface area (Å²) < 4.78 is 51.0. The van der Waals surface area contributed by atoms with Crippen molar-refractivity contribution in [3.8, 4) is 5.75 Å². The smallest absolute Gasteiger partial charge is 0.387 e. The molecular weight excluding hydrogens is 387 g/mol. The van der Waals surface area contributed by atoms with E-state index in [-0.39, 0.29) is 10.2 Å². The Labute approximate surface area is 137 Å². The molecule has 0 radical (unpaired) electrons. The van der Waals surface area contributed by atoms with Crippen molar-refractivity contribution in [1.29, 1.82) is 0 Å². The SMILES string of the molecule is COC(=O)/C=C(/Nc1ccc(F)c(Br)c1OC(F)F)C(=O)OC. The van der Waals surface area contributed by atoms with Gasteiger partial charge >= 0.3 is 18.6 Å². The lowest BCUT2D eigenvalue weighted by atomic mass is 10.2. The first kappa shape index (κ1) is 18.8. The van der Waals surface area contributed by atoms with E-state index in [1.807, 2.05) is 0 Å². The van der Waals surface area contributed by atoms with Crippen molar-refractivity contribution < 1.29 is 37.0 Å². The number of halogens is 4. The molecule has 1 aromatic carbocycles. The molecule has 126 valence electrons. The first-order chi connectivity index (χ1) is 10.8. The molecule has 0 heterocycles. The van der Waals surface area contributed by atoms with Gasteiger partial charge < -0.3 is 19.5 Å². The summed E-state index contributed by atoms with van der Waals surface area (Å²) in [4.78, 5) is 22.9. The quantitative estimate of drug-likeness (QED) is 0.587. The number of ether oxygens (including phenoxy) is 3. The topological polar surface area (TPSA) is 73.9 Å². The van der Waals surface area contributed by atoms with Crippen molar-refractivity contribution in [1.82, 2.24) is 0 Å². The van der Waals surface area contributed by atoms with Crippen LogP contribution < -0.4 is 10.1 Å². The Morgan fingerprint density at radius 3 is 2.43 bits per heavy atom. The van der Waals surface area contributed by atoms with Crippen LogP contribution in [-0.4, -0.2) is 32.8 Å². The van der Waals surface area contributed by atoms with E-state index in [9.17, 15) is 22.8 Å². The minimum absolute atomic E-state index is 0.195. The monoisotopic (exact) mass is 397 g/mol. The number of esters is 2. The summed E-state index contributed by atoms with van der Waals surface area (Å²) in [5, 5.41) is 2.37. The fraction of sp³-hybridized carbons (Fsp3) is 0.231. The molecule has 1 rings (SSSR count). The molecule has 0 fully saturated rings. The average molecular weight is 398 g/mol. The van der Waals surface area contributed by atoms with Crippen molar-refractivity contribution >= 4 is 33.6 Å². The molecule has 23 heavy (non-hydrogen) atoms. The lowest BCUT2D eigenvalue weighted by molar-refractivity contribution is -0.138. The largest absolute Gasteiger partial charge is 0.466 e. The zero-order valence-electron chi connectivity index (χ0n) is 11.9. The number of hydrogen-bond acceptors (Lipinski definition) is 6. The minimum Gasteiger partial charge on any atom is -0.466 e. The van der Waals surface area contributed by atoms with Crippen LogP contribution in [0.3, 0.4) is 0 Å². The van der Waals surface area contributed by atoms with E-state index >= 15 is 0 Å². The minimum atomic E-state index is -3.24. The zero-order valence-corrected chi connectivity index (χ0v) is 13.4. The Morgan fingerprint density at radius 1 is 1.26 bits per heavy atom. The summed E-state index contributed by atoms with van der Waals surface area (Å²) in [6.07, 6.45) is 0.745. The summed E-state index contributed by atoms with van der Waals surface area (Å²) in [5.41, 5.74) is -0.615. The molecule has 0 amide bonds. The van der Waals surface area contributed by atoms with E-state index in [1.165, 1.54) is 0 Å². The maximum atomic E-state index is 13.5. The number of anilines is 1. The van der Waals surface area contributed by atoms with Crippen molar-refractivity contribution in [2.24, 2.45) is 0 Å². The molecule has 0 bridgehead atoms. The van der Waals surface area contributed by atoms with E-state index in [1.54, 1.807) is 0 Å². The summed E-state index contributed by atoms with van der Waals surface area (Å²) in [5.74, 6) is -3.31. The highest BCUT2D eigenvalue weighted by Gasteiger charge is 2.20. The Hall–Kier alpha value is -2.23. The van der Waals surface area contributed by atoms with Crippen molar-refractivity contribution in [3.05, 3.63) is 34.2 Å². The number of nitrogens with one attached hydrogen (secondary N) is 1. The van der Waals surface area contributed by atoms with Gasteiger partial charge in [0.2, 0.25) is 0 Å². The maximum Gasteiger partial charge on any atom is 0.387 e. The van der Waals surface area contributed by atoms with Crippen LogP contribution >= 0.6 is 15.9 Å². The predicted molar refractivity (Wildman–Crippen MR) is 76.5 cm³/mol. The molecule has 0 aliphatic heterocycles. The summed E-state index contributed by atoms with van der Waals surface area (Å²) in [6, 6.07) is 1.99. The molecule has 0 aromatic heterocycles. The van der Waals surface area contributed by atoms with Crippen LogP contribution in [0, 0.1) is 5.82 Å².